The average Bonchev–Trinajstić information content (AvgIpc) is 2.38. The molecule has 0 saturated carbocycles. The summed E-state index contributed by atoms with van der Waals surface area (Å²) >= 11 is 0. The molecule has 1 aliphatic rings. The molecule has 1 saturated heterocycles. The van der Waals surface area contributed by atoms with Gasteiger partial charge in [-0.3, -0.25) is 4.90 Å². The van der Waals surface area contributed by atoms with Crippen LogP contribution in [0, 0.1) is 25.7 Å². The van der Waals surface area contributed by atoms with Gasteiger partial charge in [-0.05, 0) is 63.2 Å². The van der Waals surface area contributed by atoms with E-state index in [2.05, 4.69) is 50.8 Å². The molecule has 0 aliphatic carbocycles. The Hall–Kier alpha value is -0.860. The van der Waals surface area contributed by atoms with E-state index in [9.17, 15) is 0 Å². The van der Waals surface area contributed by atoms with Gasteiger partial charge in [0.25, 0.3) is 0 Å². The van der Waals surface area contributed by atoms with Crippen LogP contribution in [0.5, 0.6) is 0 Å². The highest BCUT2D eigenvalue weighted by atomic mass is 15.2. The smallest absolute Gasteiger partial charge is 0.0322 e. The number of rotatable bonds is 3. The van der Waals surface area contributed by atoms with Crippen molar-refractivity contribution in [1.82, 2.24) is 4.90 Å². The first kappa shape index (κ1) is 14.5. The molecule has 106 valence electrons. The van der Waals surface area contributed by atoms with Gasteiger partial charge in [0.2, 0.25) is 0 Å². The van der Waals surface area contributed by atoms with E-state index in [0.29, 0.717) is 12.0 Å². The molecule has 2 rings (SSSR count). The van der Waals surface area contributed by atoms with Crippen molar-refractivity contribution in [2.24, 2.45) is 17.6 Å². The van der Waals surface area contributed by atoms with Crippen LogP contribution in [0.25, 0.3) is 0 Å². The fourth-order valence-electron chi connectivity index (χ4n) is 3.33. The lowest BCUT2D eigenvalue weighted by Gasteiger charge is -2.40. The summed E-state index contributed by atoms with van der Waals surface area (Å²) < 4.78 is 0. The standard InChI is InChI=1S/C17H28N2/c1-12-5-6-17(14(3)9-12)15(4)19-8-7-13(2)16(10-18)11-19/h5-6,9,13,15-16H,7-8,10-11,18H2,1-4H3. The lowest BCUT2D eigenvalue weighted by atomic mass is 9.85. The number of nitrogens with zero attached hydrogens (tertiary/aromatic N) is 1. The second-order valence-electron chi connectivity index (χ2n) is 6.29. The van der Waals surface area contributed by atoms with Gasteiger partial charge >= 0.3 is 0 Å². The van der Waals surface area contributed by atoms with Crippen LogP contribution in [-0.2, 0) is 0 Å². The van der Waals surface area contributed by atoms with Crippen molar-refractivity contribution >= 4 is 0 Å². The van der Waals surface area contributed by atoms with E-state index in [-0.39, 0.29) is 0 Å². The highest BCUT2D eigenvalue weighted by molar-refractivity contribution is 5.32. The van der Waals surface area contributed by atoms with Crippen LogP contribution < -0.4 is 5.73 Å². The van der Waals surface area contributed by atoms with Gasteiger partial charge in [-0.1, -0.05) is 30.7 Å². The minimum absolute atomic E-state index is 0.502. The number of piperidine rings is 1. The second-order valence-corrected chi connectivity index (χ2v) is 6.29. The molecule has 0 spiro atoms. The van der Waals surface area contributed by atoms with Crippen molar-refractivity contribution in [3.05, 3.63) is 34.9 Å². The summed E-state index contributed by atoms with van der Waals surface area (Å²) in [7, 11) is 0. The van der Waals surface area contributed by atoms with Crippen LogP contribution in [0.1, 0.15) is 43.0 Å². The van der Waals surface area contributed by atoms with Gasteiger partial charge in [0.1, 0.15) is 0 Å². The monoisotopic (exact) mass is 260 g/mol. The summed E-state index contributed by atoms with van der Waals surface area (Å²) in [4.78, 5) is 2.61. The molecule has 2 heteroatoms. The molecule has 3 atom stereocenters. The van der Waals surface area contributed by atoms with E-state index in [1.54, 1.807) is 0 Å². The van der Waals surface area contributed by atoms with E-state index >= 15 is 0 Å². The van der Waals surface area contributed by atoms with Gasteiger partial charge < -0.3 is 5.73 Å². The molecule has 0 radical (unpaired) electrons. The highest BCUT2D eigenvalue weighted by Crippen LogP contribution is 2.30. The van der Waals surface area contributed by atoms with Crippen molar-refractivity contribution in [3.8, 4) is 0 Å². The molecule has 0 aromatic heterocycles. The Morgan fingerprint density at radius 2 is 2.11 bits per heavy atom. The van der Waals surface area contributed by atoms with Crippen LogP contribution in [0.15, 0.2) is 18.2 Å². The van der Waals surface area contributed by atoms with Crippen LogP contribution in [0.2, 0.25) is 0 Å². The van der Waals surface area contributed by atoms with Gasteiger partial charge in [0.05, 0.1) is 0 Å². The number of aryl methyl sites for hydroxylation is 2. The fraction of sp³-hybridized carbons (Fsp3) is 0.647. The van der Waals surface area contributed by atoms with Gasteiger partial charge in [-0.25, -0.2) is 0 Å². The predicted octanol–water partition coefficient (Wildman–Crippen LogP) is 3.28. The predicted molar refractivity (Wildman–Crippen MR) is 82.2 cm³/mol. The number of nitrogens with two attached hydrogens (primary N) is 1. The topological polar surface area (TPSA) is 29.3 Å². The Morgan fingerprint density at radius 1 is 1.37 bits per heavy atom. The lowest BCUT2D eigenvalue weighted by Crippen LogP contribution is -2.43. The quantitative estimate of drug-likeness (QED) is 0.903. The third-order valence-electron chi connectivity index (χ3n) is 4.87. The molecule has 1 aromatic carbocycles. The Balaban J connectivity index is 2.13. The highest BCUT2D eigenvalue weighted by Gasteiger charge is 2.28. The van der Waals surface area contributed by atoms with E-state index < -0.39 is 0 Å². The molecule has 2 nitrogen and oxygen atoms in total. The summed E-state index contributed by atoms with van der Waals surface area (Å²) in [5, 5.41) is 0. The summed E-state index contributed by atoms with van der Waals surface area (Å²) in [5.41, 5.74) is 10.1. The Kier molecular flexibility index (Phi) is 4.64. The van der Waals surface area contributed by atoms with E-state index in [0.717, 1.165) is 19.0 Å². The lowest BCUT2D eigenvalue weighted by molar-refractivity contribution is 0.0976. The zero-order valence-electron chi connectivity index (χ0n) is 12.8. The summed E-state index contributed by atoms with van der Waals surface area (Å²) in [5.74, 6) is 1.43. The molecular weight excluding hydrogens is 232 g/mol. The van der Waals surface area contributed by atoms with Crippen molar-refractivity contribution in [2.45, 2.75) is 40.2 Å². The third-order valence-corrected chi connectivity index (χ3v) is 4.87. The maximum absolute atomic E-state index is 5.92. The molecule has 1 aromatic rings. The summed E-state index contributed by atoms with van der Waals surface area (Å²) in [6.07, 6.45) is 1.27. The molecule has 1 fully saturated rings. The van der Waals surface area contributed by atoms with Crippen LogP contribution in [0.3, 0.4) is 0 Å². The SMILES string of the molecule is Cc1ccc(C(C)N2CCC(C)C(CN)C2)c(C)c1. The van der Waals surface area contributed by atoms with Gasteiger partial charge in [-0.2, -0.15) is 0 Å². The Labute approximate surface area is 118 Å². The maximum atomic E-state index is 5.92. The van der Waals surface area contributed by atoms with Crippen LogP contribution in [-0.4, -0.2) is 24.5 Å². The normalized spacial score (nSPS) is 26.4. The van der Waals surface area contributed by atoms with Gasteiger partial charge in [0.15, 0.2) is 0 Å². The molecule has 1 aliphatic heterocycles. The van der Waals surface area contributed by atoms with Crippen molar-refractivity contribution in [3.63, 3.8) is 0 Å². The molecule has 19 heavy (non-hydrogen) atoms. The zero-order chi connectivity index (χ0) is 14.0. The Bertz CT molecular complexity index is 427. The minimum Gasteiger partial charge on any atom is -0.330 e. The number of likely N-dealkylation sites (tertiary alicyclic amines) is 1. The Morgan fingerprint density at radius 3 is 2.74 bits per heavy atom. The summed E-state index contributed by atoms with van der Waals surface area (Å²) in [6.45, 7) is 12.2. The molecule has 0 amide bonds. The van der Waals surface area contributed by atoms with E-state index in [1.807, 2.05) is 0 Å². The van der Waals surface area contributed by atoms with Crippen molar-refractivity contribution in [2.75, 3.05) is 19.6 Å². The number of hydrogen-bond donors (Lipinski definition) is 1. The molecule has 1 heterocycles. The molecule has 2 N–H and O–H groups in total. The first-order valence-corrected chi connectivity index (χ1v) is 7.54. The third kappa shape index (κ3) is 3.18. The van der Waals surface area contributed by atoms with Gasteiger partial charge in [-0.15, -0.1) is 0 Å². The van der Waals surface area contributed by atoms with E-state index in [4.69, 9.17) is 5.73 Å². The first-order valence-electron chi connectivity index (χ1n) is 7.54. The van der Waals surface area contributed by atoms with Gasteiger partial charge in [0, 0.05) is 12.6 Å². The van der Waals surface area contributed by atoms with Crippen molar-refractivity contribution in [1.29, 1.82) is 0 Å². The number of hydrogen-bond acceptors (Lipinski definition) is 2. The maximum Gasteiger partial charge on any atom is 0.0322 e. The largest absolute Gasteiger partial charge is 0.330 e. The molecule has 0 bridgehead atoms. The second kappa shape index (κ2) is 6.06. The van der Waals surface area contributed by atoms with E-state index in [1.165, 1.54) is 29.7 Å². The minimum atomic E-state index is 0.502. The molecule has 3 unspecified atom stereocenters. The van der Waals surface area contributed by atoms with Crippen LogP contribution in [0.4, 0.5) is 0 Å². The van der Waals surface area contributed by atoms with Crippen LogP contribution >= 0.6 is 0 Å². The number of benzene rings is 1. The van der Waals surface area contributed by atoms with Crippen molar-refractivity contribution < 1.29 is 0 Å². The molecular formula is C17H28N2. The fourth-order valence-corrected chi connectivity index (χ4v) is 3.33. The zero-order valence-corrected chi connectivity index (χ0v) is 12.8. The first-order chi connectivity index (χ1) is 9.02. The average molecular weight is 260 g/mol. The summed E-state index contributed by atoms with van der Waals surface area (Å²) in [6, 6.07) is 7.32.